The van der Waals surface area contributed by atoms with E-state index in [4.69, 9.17) is 4.74 Å². The van der Waals surface area contributed by atoms with Crippen LogP contribution in [0.2, 0.25) is 0 Å². The van der Waals surface area contributed by atoms with Gasteiger partial charge in [0.25, 0.3) is 5.91 Å². The normalized spacial score (nSPS) is 11.6. The Bertz CT molecular complexity index is 669. The van der Waals surface area contributed by atoms with Crippen molar-refractivity contribution in [3.8, 4) is 5.75 Å². The zero-order valence-corrected chi connectivity index (χ0v) is 14.4. The van der Waals surface area contributed by atoms with E-state index in [2.05, 4.69) is 36.3 Å². The second-order valence-corrected chi connectivity index (χ2v) is 6.91. The van der Waals surface area contributed by atoms with E-state index in [9.17, 15) is 4.79 Å². The quantitative estimate of drug-likeness (QED) is 0.888. The van der Waals surface area contributed by atoms with E-state index in [-0.39, 0.29) is 17.4 Å². The number of amides is 1. The first-order valence-corrected chi connectivity index (χ1v) is 7.85. The number of carbonyl (C=O) groups excluding carboxylic acids is 1. The Kier molecular flexibility index (Phi) is 5.08. The molecule has 0 aliphatic carbocycles. The van der Waals surface area contributed by atoms with E-state index in [0.717, 1.165) is 17.0 Å². The van der Waals surface area contributed by atoms with E-state index in [1.54, 1.807) is 6.07 Å². The van der Waals surface area contributed by atoms with E-state index in [0.29, 0.717) is 12.2 Å². The minimum Gasteiger partial charge on any atom is -0.491 e. The maximum absolute atomic E-state index is 12.2. The van der Waals surface area contributed by atoms with E-state index < -0.39 is 0 Å². The summed E-state index contributed by atoms with van der Waals surface area (Å²) in [6.45, 7) is 10.6. The Hall–Kier alpha value is -2.30. The van der Waals surface area contributed by atoms with Crippen molar-refractivity contribution in [2.45, 2.75) is 52.7 Å². The van der Waals surface area contributed by atoms with Crippen LogP contribution in [-0.2, 0) is 12.0 Å². The summed E-state index contributed by atoms with van der Waals surface area (Å²) in [6.07, 6.45) is 0.125. The van der Waals surface area contributed by atoms with Crippen LogP contribution in [-0.4, -0.2) is 22.2 Å². The van der Waals surface area contributed by atoms with Gasteiger partial charge in [0, 0.05) is 17.7 Å². The van der Waals surface area contributed by atoms with Crippen LogP contribution in [0.5, 0.6) is 5.75 Å². The van der Waals surface area contributed by atoms with Gasteiger partial charge in [-0.2, -0.15) is 5.10 Å². The average Bonchev–Trinajstić information content (AvgIpc) is 2.94. The smallest absolute Gasteiger partial charge is 0.272 e. The van der Waals surface area contributed by atoms with Crippen molar-refractivity contribution in [1.82, 2.24) is 15.5 Å². The van der Waals surface area contributed by atoms with E-state index in [1.807, 2.05) is 38.1 Å². The third kappa shape index (κ3) is 4.84. The zero-order chi connectivity index (χ0) is 17.0. The average molecular weight is 315 g/mol. The molecular formula is C18H25N3O2. The largest absolute Gasteiger partial charge is 0.491 e. The second-order valence-electron chi connectivity index (χ2n) is 6.91. The lowest BCUT2D eigenvalue weighted by Crippen LogP contribution is -2.23. The summed E-state index contributed by atoms with van der Waals surface area (Å²) in [5, 5.41) is 9.90. The van der Waals surface area contributed by atoms with Crippen LogP contribution in [0.4, 0.5) is 0 Å². The number of nitrogens with zero attached hydrogens (tertiary/aromatic N) is 1. The van der Waals surface area contributed by atoms with Crippen LogP contribution in [0.1, 0.15) is 56.4 Å². The predicted molar refractivity (Wildman–Crippen MR) is 90.7 cm³/mol. The van der Waals surface area contributed by atoms with Gasteiger partial charge in [0.05, 0.1) is 6.10 Å². The molecule has 0 bridgehead atoms. The molecule has 5 heteroatoms. The summed E-state index contributed by atoms with van der Waals surface area (Å²) in [6, 6.07) is 9.53. The maximum atomic E-state index is 12.2. The summed E-state index contributed by atoms with van der Waals surface area (Å²) in [5.41, 5.74) is 2.27. The molecule has 0 spiro atoms. The molecule has 0 aliphatic heterocycles. The summed E-state index contributed by atoms with van der Waals surface area (Å²) < 4.78 is 5.66. The first kappa shape index (κ1) is 17.1. The monoisotopic (exact) mass is 315 g/mol. The zero-order valence-electron chi connectivity index (χ0n) is 14.4. The van der Waals surface area contributed by atoms with Gasteiger partial charge in [0.2, 0.25) is 0 Å². The van der Waals surface area contributed by atoms with Crippen LogP contribution >= 0.6 is 0 Å². The second kappa shape index (κ2) is 6.86. The Balaban J connectivity index is 1.98. The topological polar surface area (TPSA) is 67.0 Å². The molecule has 1 heterocycles. The number of benzene rings is 1. The molecule has 2 N–H and O–H groups in total. The molecule has 2 aromatic rings. The van der Waals surface area contributed by atoms with Crippen molar-refractivity contribution in [2.24, 2.45) is 0 Å². The highest BCUT2D eigenvalue weighted by atomic mass is 16.5. The number of rotatable bonds is 5. The minimum atomic E-state index is -0.188. The molecule has 0 saturated heterocycles. The lowest BCUT2D eigenvalue weighted by atomic mass is 9.92. The van der Waals surface area contributed by atoms with Crippen LogP contribution in [0.25, 0.3) is 0 Å². The number of carbonyl (C=O) groups is 1. The number of hydrogen-bond acceptors (Lipinski definition) is 3. The molecule has 1 aromatic heterocycles. The van der Waals surface area contributed by atoms with Gasteiger partial charge in [-0.25, -0.2) is 0 Å². The van der Waals surface area contributed by atoms with Crippen molar-refractivity contribution in [2.75, 3.05) is 0 Å². The number of hydrogen-bond donors (Lipinski definition) is 2. The van der Waals surface area contributed by atoms with Crippen molar-refractivity contribution >= 4 is 5.91 Å². The first-order valence-electron chi connectivity index (χ1n) is 7.85. The summed E-state index contributed by atoms with van der Waals surface area (Å²) in [4.78, 5) is 12.2. The highest BCUT2D eigenvalue weighted by molar-refractivity contribution is 5.92. The standard InChI is InChI=1S/C18H25N3O2/c1-12(2)23-14-8-6-7-13(9-14)11-19-17(22)15-10-16(21-20-15)18(3,4)5/h6-10,12H,11H2,1-5H3,(H,19,22)(H,20,21). The lowest BCUT2D eigenvalue weighted by Gasteiger charge is -2.14. The van der Waals surface area contributed by atoms with Gasteiger partial charge < -0.3 is 10.1 Å². The van der Waals surface area contributed by atoms with Gasteiger partial charge in [-0.1, -0.05) is 32.9 Å². The van der Waals surface area contributed by atoms with Crippen molar-refractivity contribution in [1.29, 1.82) is 0 Å². The van der Waals surface area contributed by atoms with Gasteiger partial charge in [0.15, 0.2) is 0 Å². The summed E-state index contributed by atoms with van der Waals surface area (Å²) >= 11 is 0. The third-order valence-electron chi connectivity index (χ3n) is 3.34. The number of H-pyrrole nitrogens is 1. The molecule has 0 atom stereocenters. The van der Waals surface area contributed by atoms with Crippen molar-refractivity contribution in [3.63, 3.8) is 0 Å². The molecule has 0 saturated carbocycles. The molecule has 1 aromatic carbocycles. The molecule has 0 fully saturated rings. The predicted octanol–water partition coefficient (Wildman–Crippen LogP) is 3.42. The third-order valence-corrected chi connectivity index (χ3v) is 3.34. The minimum absolute atomic E-state index is 0.0615. The Labute approximate surface area is 137 Å². The van der Waals surface area contributed by atoms with Crippen LogP contribution < -0.4 is 10.1 Å². The van der Waals surface area contributed by atoms with Crippen LogP contribution in [0, 0.1) is 0 Å². The van der Waals surface area contributed by atoms with E-state index >= 15 is 0 Å². The molecule has 0 aliphatic rings. The lowest BCUT2D eigenvalue weighted by molar-refractivity contribution is 0.0945. The van der Waals surface area contributed by atoms with Crippen LogP contribution in [0.15, 0.2) is 30.3 Å². The molecule has 5 nitrogen and oxygen atoms in total. The molecule has 1 amide bonds. The number of aromatic nitrogens is 2. The Morgan fingerprint density at radius 1 is 1.30 bits per heavy atom. The maximum Gasteiger partial charge on any atom is 0.272 e. The highest BCUT2D eigenvalue weighted by Crippen LogP contribution is 2.20. The molecule has 2 rings (SSSR count). The Morgan fingerprint density at radius 2 is 2.04 bits per heavy atom. The molecule has 0 unspecified atom stereocenters. The number of ether oxygens (including phenoxy) is 1. The summed E-state index contributed by atoms with van der Waals surface area (Å²) in [7, 11) is 0. The highest BCUT2D eigenvalue weighted by Gasteiger charge is 2.19. The first-order chi connectivity index (χ1) is 10.8. The molecule has 0 radical (unpaired) electrons. The fraction of sp³-hybridized carbons (Fsp3) is 0.444. The number of aromatic amines is 1. The van der Waals surface area contributed by atoms with Gasteiger partial charge in [-0.3, -0.25) is 9.89 Å². The van der Waals surface area contributed by atoms with Crippen molar-refractivity contribution in [3.05, 3.63) is 47.3 Å². The van der Waals surface area contributed by atoms with E-state index in [1.165, 1.54) is 0 Å². The van der Waals surface area contributed by atoms with Crippen molar-refractivity contribution < 1.29 is 9.53 Å². The summed E-state index contributed by atoms with van der Waals surface area (Å²) in [5.74, 6) is 0.619. The van der Waals surface area contributed by atoms with Crippen LogP contribution in [0.3, 0.4) is 0 Å². The molecule has 23 heavy (non-hydrogen) atoms. The molecule has 124 valence electrons. The number of nitrogens with one attached hydrogen (secondary N) is 2. The van der Waals surface area contributed by atoms with Gasteiger partial charge >= 0.3 is 0 Å². The van der Waals surface area contributed by atoms with Gasteiger partial charge in [-0.15, -0.1) is 0 Å². The Morgan fingerprint density at radius 3 is 2.65 bits per heavy atom. The molecular weight excluding hydrogens is 290 g/mol. The van der Waals surface area contributed by atoms with Gasteiger partial charge in [-0.05, 0) is 37.6 Å². The SMILES string of the molecule is CC(C)Oc1cccc(CNC(=O)c2cc(C(C)(C)C)[nH]n2)c1. The van der Waals surface area contributed by atoms with Gasteiger partial charge in [0.1, 0.15) is 11.4 Å². The fourth-order valence-electron chi connectivity index (χ4n) is 2.10. The fourth-order valence-corrected chi connectivity index (χ4v) is 2.10.